The molecule has 3 heteroatoms. The summed E-state index contributed by atoms with van der Waals surface area (Å²) >= 11 is 0. The first kappa shape index (κ1) is 11.2. The van der Waals surface area contributed by atoms with E-state index in [1.54, 1.807) is 0 Å². The lowest BCUT2D eigenvalue weighted by Crippen LogP contribution is -3.00. The molecule has 0 aromatic heterocycles. The van der Waals surface area contributed by atoms with Crippen molar-refractivity contribution in [2.45, 2.75) is 25.4 Å². The van der Waals surface area contributed by atoms with Crippen LogP contribution in [0.2, 0.25) is 0 Å². The molecule has 1 fully saturated rings. The number of nitrogens with one attached hydrogen (secondary N) is 2. The number of fused-ring (bicyclic) bond motifs is 1. The normalized spacial score (nSPS) is 27.4. The van der Waals surface area contributed by atoms with Gasteiger partial charge >= 0.3 is 0 Å². The quantitative estimate of drug-likeness (QED) is 0.739. The van der Waals surface area contributed by atoms with Gasteiger partial charge in [0.1, 0.15) is 5.69 Å². The summed E-state index contributed by atoms with van der Waals surface area (Å²) in [6.07, 6.45) is 2.30. The van der Waals surface area contributed by atoms with Gasteiger partial charge in [-0.05, 0) is 18.1 Å². The first-order chi connectivity index (χ1) is 8.34. The predicted octanol–water partition coefficient (Wildman–Crippen LogP) is 0.429. The van der Waals surface area contributed by atoms with Crippen LogP contribution in [0.4, 0.5) is 5.69 Å². The summed E-state index contributed by atoms with van der Waals surface area (Å²) in [5.41, 5.74) is 4.32. The van der Waals surface area contributed by atoms with Gasteiger partial charge in [-0.3, -0.25) is 0 Å². The third kappa shape index (κ3) is 2.23. The first-order valence-electron chi connectivity index (χ1n) is 6.44. The number of quaternary nitrogens is 1. The number of benzene rings is 1. The van der Waals surface area contributed by atoms with Crippen LogP contribution in [0.25, 0.3) is 0 Å². The van der Waals surface area contributed by atoms with E-state index < -0.39 is 0 Å². The summed E-state index contributed by atoms with van der Waals surface area (Å²) in [5, 5.41) is 3.59. The van der Waals surface area contributed by atoms with E-state index in [1.165, 1.54) is 21.7 Å². The molecular weight excluding hydrogens is 212 g/mol. The fourth-order valence-electron chi connectivity index (χ4n) is 2.79. The molecule has 0 spiro atoms. The van der Waals surface area contributed by atoms with Crippen molar-refractivity contribution < 1.29 is 9.64 Å². The smallest absolute Gasteiger partial charge is 0.108 e. The molecule has 0 amide bonds. The molecule has 1 saturated heterocycles. The molecular formula is C14H20N2O. The predicted molar refractivity (Wildman–Crippen MR) is 67.1 cm³/mol. The molecule has 2 aliphatic heterocycles. The van der Waals surface area contributed by atoms with Crippen molar-refractivity contribution in [1.82, 2.24) is 5.32 Å². The van der Waals surface area contributed by atoms with Crippen LogP contribution >= 0.6 is 0 Å². The second kappa shape index (κ2) is 4.77. The molecule has 2 N–H and O–H groups in total. The minimum Gasteiger partial charge on any atom is -0.434 e. The average Bonchev–Trinajstić information content (AvgIpc) is 2.97. The Bertz CT molecular complexity index is 399. The van der Waals surface area contributed by atoms with E-state index in [0.29, 0.717) is 6.04 Å². The molecule has 0 radical (unpaired) electrons. The topological polar surface area (TPSA) is 25.7 Å². The summed E-state index contributed by atoms with van der Waals surface area (Å²) in [6.45, 7) is 3.85. The van der Waals surface area contributed by atoms with E-state index >= 15 is 0 Å². The van der Waals surface area contributed by atoms with Crippen LogP contribution in [-0.2, 0) is 17.7 Å². The molecule has 17 heavy (non-hydrogen) atoms. The Morgan fingerprint density at radius 2 is 2.41 bits per heavy atom. The van der Waals surface area contributed by atoms with E-state index in [4.69, 9.17) is 4.74 Å². The monoisotopic (exact) mass is 232 g/mol. The molecule has 3 nitrogen and oxygen atoms in total. The summed E-state index contributed by atoms with van der Waals surface area (Å²) < 4.78 is 5.38. The van der Waals surface area contributed by atoms with E-state index in [1.807, 2.05) is 0 Å². The standard InChI is InChI=1S/C14H20N2O/c1-16-7-5-13-11(3-2-4-14(13)16)9-15-12-6-8-17-10-12/h2-4,12,15-16H,1,5-10H2/t12-/m1/s1. The Morgan fingerprint density at radius 1 is 1.47 bits per heavy atom. The van der Waals surface area contributed by atoms with Gasteiger partial charge in [-0.2, -0.15) is 0 Å². The minimum absolute atomic E-state index is 0.537. The molecule has 2 atom stereocenters. The maximum Gasteiger partial charge on any atom is 0.108 e. The van der Waals surface area contributed by atoms with Crippen LogP contribution in [0, 0.1) is 7.05 Å². The number of rotatable bonds is 3. The Balaban J connectivity index is 1.71. The van der Waals surface area contributed by atoms with Crippen molar-refractivity contribution in [2.24, 2.45) is 0 Å². The van der Waals surface area contributed by atoms with E-state index in [-0.39, 0.29) is 0 Å². The van der Waals surface area contributed by atoms with Gasteiger partial charge in [0.25, 0.3) is 0 Å². The molecule has 3 rings (SSSR count). The zero-order valence-corrected chi connectivity index (χ0v) is 10.2. The second-order valence-corrected chi connectivity index (χ2v) is 4.99. The lowest BCUT2D eigenvalue weighted by Gasteiger charge is -2.15. The highest BCUT2D eigenvalue weighted by Gasteiger charge is 2.21. The van der Waals surface area contributed by atoms with Crippen LogP contribution in [0.15, 0.2) is 18.2 Å². The Morgan fingerprint density at radius 3 is 3.24 bits per heavy atom. The van der Waals surface area contributed by atoms with Crippen LogP contribution in [0.5, 0.6) is 0 Å². The van der Waals surface area contributed by atoms with Gasteiger partial charge in [-0.1, -0.05) is 12.1 Å². The van der Waals surface area contributed by atoms with Crippen molar-refractivity contribution in [1.29, 1.82) is 0 Å². The lowest BCUT2D eigenvalue weighted by molar-refractivity contribution is -0.775. The maximum atomic E-state index is 5.38. The third-order valence-corrected chi connectivity index (χ3v) is 3.84. The van der Waals surface area contributed by atoms with Crippen LogP contribution in [0.1, 0.15) is 17.5 Å². The average molecular weight is 232 g/mol. The fraction of sp³-hybridized carbons (Fsp3) is 0.500. The Kier molecular flexibility index (Phi) is 3.14. The van der Waals surface area contributed by atoms with Crippen molar-refractivity contribution in [3.8, 4) is 0 Å². The van der Waals surface area contributed by atoms with Crippen molar-refractivity contribution >= 4 is 5.69 Å². The Labute approximate surface area is 103 Å². The molecule has 0 bridgehead atoms. The molecule has 0 saturated carbocycles. The van der Waals surface area contributed by atoms with Crippen LogP contribution in [-0.4, -0.2) is 25.8 Å². The minimum atomic E-state index is 0.537. The van der Waals surface area contributed by atoms with E-state index in [0.717, 1.165) is 39.1 Å². The number of hydrogen-bond donors (Lipinski definition) is 2. The zero-order valence-electron chi connectivity index (χ0n) is 10.2. The molecule has 1 aromatic rings. The maximum absolute atomic E-state index is 5.38. The van der Waals surface area contributed by atoms with Gasteiger partial charge < -0.3 is 15.0 Å². The molecule has 2 aliphatic rings. The first-order valence-corrected chi connectivity index (χ1v) is 6.44. The summed E-state index contributed by atoms with van der Waals surface area (Å²) in [6, 6.07) is 7.13. The van der Waals surface area contributed by atoms with Gasteiger partial charge in [0, 0.05) is 31.2 Å². The van der Waals surface area contributed by atoms with Gasteiger partial charge in [0.15, 0.2) is 0 Å². The summed E-state index contributed by atoms with van der Waals surface area (Å²) in [5.74, 6) is 0. The summed E-state index contributed by atoms with van der Waals surface area (Å²) in [4.78, 5) is 1.30. The Hall–Kier alpha value is -0.900. The third-order valence-electron chi connectivity index (χ3n) is 3.84. The van der Waals surface area contributed by atoms with Gasteiger partial charge in [0.2, 0.25) is 0 Å². The van der Waals surface area contributed by atoms with Crippen LogP contribution < -0.4 is 10.2 Å². The van der Waals surface area contributed by atoms with Gasteiger partial charge in [-0.15, -0.1) is 7.05 Å². The molecule has 1 aromatic carbocycles. The largest absolute Gasteiger partial charge is 0.434 e. The van der Waals surface area contributed by atoms with Crippen LogP contribution in [0.3, 0.4) is 0 Å². The van der Waals surface area contributed by atoms with Crippen molar-refractivity contribution in [3.05, 3.63) is 36.4 Å². The molecule has 2 heterocycles. The van der Waals surface area contributed by atoms with Gasteiger partial charge in [0.05, 0.1) is 13.2 Å². The highest BCUT2D eigenvalue weighted by atomic mass is 16.5. The second-order valence-electron chi connectivity index (χ2n) is 4.99. The summed E-state index contributed by atoms with van der Waals surface area (Å²) in [7, 11) is 4.13. The fourth-order valence-corrected chi connectivity index (χ4v) is 2.79. The molecule has 92 valence electrons. The zero-order chi connectivity index (χ0) is 11.7. The van der Waals surface area contributed by atoms with Crippen molar-refractivity contribution in [2.75, 3.05) is 19.8 Å². The molecule has 1 unspecified atom stereocenters. The highest BCUT2D eigenvalue weighted by molar-refractivity contribution is 5.47. The van der Waals surface area contributed by atoms with Gasteiger partial charge in [-0.25, -0.2) is 0 Å². The highest BCUT2D eigenvalue weighted by Crippen LogP contribution is 2.21. The molecule has 0 aliphatic carbocycles. The van der Waals surface area contributed by atoms with E-state index in [2.05, 4.69) is 30.6 Å². The number of ether oxygens (including phenoxy) is 1. The SMILES string of the molecule is [CH2-][NH+]1CCc2c(CN[C@@H]3CCOC3)cccc21. The van der Waals surface area contributed by atoms with Crippen molar-refractivity contribution in [3.63, 3.8) is 0 Å². The lowest BCUT2D eigenvalue weighted by atomic mass is 10.0. The number of hydrogen-bond acceptors (Lipinski definition) is 2. The van der Waals surface area contributed by atoms with E-state index in [9.17, 15) is 0 Å².